The van der Waals surface area contributed by atoms with Crippen molar-refractivity contribution in [2.75, 3.05) is 18.5 Å². The molecule has 0 fully saturated rings. The molecule has 0 aliphatic heterocycles. The molecule has 0 saturated heterocycles. The van der Waals surface area contributed by atoms with Gasteiger partial charge in [-0.3, -0.25) is 4.79 Å². The number of ether oxygens (including phenoxy) is 1. The van der Waals surface area contributed by atoms with Gasteiger partial charge in [-0.15, -0.1) is 0 Å². The molecule has 1 amide bonds. The standard InChI is InChI=1S/C13H17BrClNO2/c14-8-2-1-3-9-16-13(17)10-18-12-6-4-11(15)5-7-12/h4-7H,1-3,8-10H2,(H,16,17). The van der Waals surface area contributed by atoms with Crippen molar-refractivity contribution < 1.29 is 9.53 Å². The zero-order valence-corrected chi connectivity index (χ0v) is 12.5. The summed E-state index contributed by atoms with van der Waals surface area (Å²) in [6, 6.07) is 6.95. The van der Waals surface area contributed by atoms with Gasteiger partial charge in [0.05, 0.1) is 0 Å². The molecule has 1 aromatic rings. The van der Waals surface area contributed by atoms with Gasteiger partial charge in [0.1, 0.15) is 5.75 Å². The van der Waals surface area contributed by atoms with Crippen LogP contribution in [0.25, 0.3) is 0 Å². The molecule has 0 atom stereocenters. The van der Waals surface area contributed by atoms with E-state index in [1.165, 1.54) is 0 Å². The topological polar surface area (TPSA) is 38.3 Å². The highest BCUT2D eigenvalue weighted by Gasteiger charge is 2.01. The van der Waals surface area contributed by atoms with E-state index in [4.69, 9.17) is 16.3 Å². The summed E-state index contributed by atoms with van der Waals surface area (Å²) in [5, 5.41) is 4.48. The molecule has 0 aromatic heterocycles. The van der Waals surface area contributed by atoms with Crippen LogP contribution in [0, 0.1) is 0 Å². The Hall–Kier alpha value is -0.740. The minimum atomic E-state index is -0.0937. The maximum atomic E-state index is 11.4. The van der Waals surface area contributed by atoms with Gasteiger partial charge < -0.3 is 10.1 Å². The van der Waals surface area contributed by atoms with Crippen molar-refractivity contribution in [3.05, 3.63) is 29.3 Å². The highest BCUT2D eigenvalue weighted by atomic mass is 79.9. The zero-order chi connectivity index (χ0) is 13.2. The van der Waals surface area contributed by atoms with Crippen LogP contribution >= 0.6 is 27.5 Å². The Morgan fingerprint density at radius 3 is 2.61 bits per heavy atom. The average molecular weight is 335 g/mol. The number of rotatable bonds is 8. The van der Waals surface area contributed by atoms with Gasteiger partial charge in [-0.25, -0.2) is 0 Å². The van der Waals surface area contributed by atoms with Gasteiger partial charge >= 0.3 is 0 Å². The third-order valence-electron chi connectivity index (χ3n) is 2.32. The van der Waals surface area contributed by atoms with E-state index in [-0.39, 0.29) is 12.5 Å². The molecule has 1 N–H and O–H groups in total. The first kappa shape index (κ1) is 15.3. The molecular weight excluding hydrogens is 318 g/mol. The van der Waals surface area contributed by atoms with Crippen LogP contribution in [0.1, 0.15) is 19.3 Å². The van der Waals surface area contributed by atoms with Crippen molar-refractivity contribution in [2.24, 2.45) is 0 Å². The number of halogens is 2. The normalized spacial score (nSPS) is 10.1. The number of benzene rings is 1. The average Bonchev–Trinajstić information content (AvgIpc) is 2.38. The van der Waals surface area contributed by atoms with Gasteiger partial charge in [-0.2, -0.15) is 0 Å². The van der Waals surface area contributed by atoms with E-state index < -0.39 is 0 Å². The first-order chi connectivity index (χ1) is 8.72. The number of amides is 1. The third kappa shape index (κ3) is 6.87. The SMILES string of the molecule is O=C(COc1ccc(Cl)cc1)NCCCCCBr. The van der Waals surface area contributed by atoms with Crippen LogP contribution in [0.3, 0.4) is 0 Å². The highest BCUT2D eigenvalue weighted by Crippen LogP contribution is 2.15. The molecular formula is C13H17BrClNO2. The molecule has 5 heteroatoms. The van der Waals surface area contributed by atoms with Crippen molar-refractivity contribution in [1.82, 2.24) is 5.32 Å². The van der Waals surface area contributed by atoms with E-state index in [2.05, 4.69) is 21.2 Å². The monoisotopic (exact) mass is 333 g/mol. The first-order valence-electron chi connectivity index (χ1n) is 5.93. The zero-order valence-electron chi connectivity index (χ0n) is 10.1. The van der Waals surface area contributed by atoms with E-state index in [9.17, 15) is 4.79 Å². The Kier molecular flexibility index (Phi) is 7.85. The molecule has 0 aliphatic rings. The van der Waals surface area contributed by atoms with Crippen molar-refractivity contribution >= 4 is 33.4 Å². The molecule has 0 bridgehead atoms. The van der Waals surface area contributed by atoms with E-state index in [0.717, 1.165) is 24.6 Å². The summed E-state index contributed by atoms with van der Waals surface area (Å²) in [7, 11) is 0. The first-order valence-corrected chi connectivity index (χ1v) is 7.43. The summed E-state index contributed by atoms with van der Waals surface area (Å²) in [5.41, 5.74) is 0. The Labute approximate surface area is 121 Å². The number of carbonyl (C=O) groups excluding carboxylic acids is 1. The molecule has 1 aromatic carbocycles. The molecule has 0 aliphatic carbocycles. The fourth-order valence-electron chi connectivity index (χ4n) is 1.35. The summed E-state index contributed by atoms with van der Waals surface area (Å²) in [5.74, 6) is 0.553. The lowest BCUT2D eigenvalue weighted by Gasteiger charge is -2.07. The Morgan fingerprint density at radius 1 is 1.22 bits per heavy atom. The van der Waals surface area contributed by atoms with Crippen LogP contribution in [0.15, 0.2) is 24.3 Å². The third-order valence-corrected chi connectivity index (χ3v) is 3.13. The van der Waals surface area contributed by atoms with Crippen molar-refractivity contribution in [3.63, 3.8) is 0 Å². The molecule has 3 nitrogen and oxygen atoms in total. The summed E-state index contributed by atoms with van der Waals surface area (Å²) in [6.45, 7) is 0.746. The maximum Gasteiger partial charge on any atom is 0.257 e. The predicted octanol–water partition coefficient (Wildman–Crippen LogP) is 3.40. The van der Waals surface area contributed by atoms with Crippen LogP contribution < -0.4 is 10.1 Å². The second-order valence-corrected chi connectivity index (χ2v) is 5.07. The molecule has 100 valence electrons. The Morgan fingerprint density at radius 2 is 1.94 bits per heavy atom. The fraction of sp³-hybridized carbons (Fsp3) is 0.462. The van der Waals surface area contributed by atoms with Crippen molar-refractivity contribution in [2.45, 2.75) is 19.3 Å². The van der Waals surface area contributed by atoms with E-state index in [1.54, 1.807) is 24.3 Å². The molecule has 0 spiro atoms. The van der Waals surface area contributed by atoms with Gasteiger partial charge in [0.2, 0.25) is 0 Å². The van der Waals surface area contributed by atoms with Crippen LogP contribution in [0.5, 0.6) is 5.75 Å². The maximum absolute atomic E-state index is 11.4. The minimum absolute atomic E-state index is 0.0417. The van der Waals surface area contributed by atoms with Gasteiger partial charge in [-0.1, -0.05) is 34.0 Å². The van der Waals surface area contributed by atoms with E-state index >= 15 is 0 Å². The molecule has 18 heavy (non-hydrogen) atoms. The van der Waals surface area contributed by atoms with Crippen molar-refractivity contribution in [1.29, 1.82) is 0 Å². The lowest BCUT2D eigenvalue weighted by atomic mass is 10.2. The van der Waals surface area contributed by atoms with Gasteiger partial charge in [-0.05, 0) is 37.1 Å². The fourth-order valence-corrected chi connectivity index (χ4v) is 1.88. The van der Waals surface area contributed by atoms with Crippen LogP contribution in [0.4, 0.5) is 0 Å². The van der Waals surface area contributed by atoms with Crippen LogP contribution in [-0.2, 0) is 4.79 Å². The number of hydrogen-bond acceptors (Lipinski definition) is 2. The lowest BCUT2D eigenvalue weighted by Crippen LogP contribution is -2.29. The Bertz CT molecular complexity index is 357. The highest BCUT2D eigenvalue weighted by molar-refractivity contribution is 9.09. The predicted molar refractivity (Wildman–Crippen MR) is 77.6 cm³/mol. The number of alkyl halides is 1. The van der Waals surface area contributed by atoms with Crippen molar-refractivity contribution in [3.8, 4) is 5.75 Å². The minimum Gasteiger partial charge on any atom is -0.484 e. The summed E-state index contributed by atoms with van der Waals surface area (Å²) >= 11 is 9.12. The van der Waals surface area contributed by atoms with Gasteiger partial charge in [0.15, 0.2) is 6.61 Å². The van der Waals surface area contributed by atoms with E-state index in [1.807, 2.05) is 0 Å². The van der Waals surface area contributed by atoms with E-state index in [0.29, 0.717) is 17.3 Å². The van der Waals surface area contributed by atoms with Gasteiger partial charge in [0, 0.05) is 16.9 Å². The number of unbranched alkanes of at least 4 members (excludes halogenated alkanes) is 2. The number of hydrogen-bond donors (Lipinski definition) is 1. The quantitative estimate of drug-likeness (QED) is 0.584. The molecule has 0 saturated carbocycles. The largest absolute Gasteiger partial charge is 0.484 e. The molecule has 1 rings (SSSR count). The van der Waals surface area contributed by atoms with Gasteiger partial charge in [0.25, 0.3) is 5.91 Å². The summed E-state index contributed by atoms with van der Waals surface area (Å²) in [6.07, 6.45) is 3.25. The second kappa shape index (κ2) is 9.22. The summed E-state index contributed by atoms with van der Waals surface area (Å²) in [4.78, 5) is 11.4. The smallest absolute Gasteiger partial charge is 0.257 e. The van der Waals surface area contributed by atoms with Crippen LogP contribution in [-0.4, -0.2) is 24.4 Å². The number of carbonyl (C=O) groups is 1. The van der Waals surface area contributed by atoms with Crippen LogP contribution in [0.2, 0.25) is 5.02 Å². The second-order valence-electron chi connectivity index (χ2n) is 3.84. The molecule has 0 heterocycles. The Balaban J connectivity index is 2.11. The lowest BCUT2D eigenvalue weighted by molar-refractivity contribution is -0.123. The molecule has 0 radical (unpaired) electrons. The molecule has 0 unspecified atom stereocenters. The number of nitrogens with one attached hydrogen (secondary N) is 1. The summed E-state index contributed by atoms with van der Waals surface area (Å²) < 4.78 is 5.32.